The molecular weight excluding hydrogens is 270 g/mol. The zero-order valence-electron chi connectivity index (χ0n) is 10.5. The van der Waals surface area contributed by atoms with Gasteiger partial charge in [0.25, 0.3) is 5.69 Å². The Morgan fingerprint density at radius 3 is 2.84 bits per heavy atom. The van der Waals surface area contributed by atoms with Crippen LogP contribution in [0.2, 0.25) is 0 Å². The van der Waals surface area contributed by atoms with Crippen molar-refractivity contribution in [2.75, 3.05) is 18.0 Å². The first-order chi connectivity index (χ1) is 8.56. The highest BCUT2D eigenvalue weighted by Crippen LogP contribution is 2.35. The molecule has 7 heteroatoms. The fourth-order valence-corrected chi connectivity index (χ4v) is 2.18. The number of carbonyl (C=O) groups is 1. The molecule has 0 saturated carbocycles. The van der Waals surface area contributed by atoms with E-state index in [-0.39, 0.29) is 36.5 Å². The molecule has 0 aromatic heterocycles. The molecule has 0 radical (unpaired) electrons. The molecule has 1 unspecified atom stereocenters. The fourth-order valence-electron chi connectivity index (χ4n) is 2.18. The number of anilines is 1. The van der Waals surface area contributed by atoms with E-state index in [1.165, 1.54) is 6.07 Å². The summed E-state index contributed by atoms with van der Waals surface area (Å²) in [4.78, 5) is 24.2. The van der Waals surface area contributed by atoms with Gasteiger partial charge in [0.1, 0.15) is 0 Å². The van der Waals surface area contributed by atoms with E-state index in [0.29, 0.717) is 24.2 Å². The number of hydrogen-bond acceptors (Lipinski definition) is 4. The second kappa shape index (κ2) is 5.99. The molecule has 104 valence electrons. The van der Waals surface area contributed by atoms with E-state index in [2.05, 4.69) is 0 Å². The molecule has 1 aliphatic rings. The minimum Gasteiger partial charge on any atom is -0.330 e. The quantitative estimate of drug-likeness (QED) is 0.673. The summed E-state index contributed by atoms with van der Waals surface area (Å²) in [7, 11) is 0. The van der Waals surface area contributed by atoms with Crippen molar-refractivity contribution in [3.8, 4) is 0 Å². The summed E-state index contributed by atoms with van der Waals surface area (Å²) in [5.41, 5.74) is 6.86. The van der Waals surface area contributed by atoms with Crippen LogP contribution in [-0.4, -0.2) is 23.9 Å². The first-order valence-electron chi connectivity index (χ1n) is 5.84. The van der Waals surface area contributed by atoms with Crippen molar-refractivity contribution in [2.24, 2.45) is 11.7 Å². The number of hydrogen-bond donors (Lipinski definition) is 1. The highest BCUT2D eigenvalue weighted by Gasteiger charge is 2.31. The second-order valence-corrected chi connectivity index (χ2v) is 4.41. The predicted molar refractivity (Wildman–Crippen MR) is 74.6 cm³/mol. The van der Waals surface area contributed by atoms with Crippen molar-refractivity contribution < 1.29 is 9.72 Å². The van der Waals surface area contributed by atoms with Gasteiger partial charge in [-0.1, -0.05) is 13.0 Å². The molecule has 1 atom stereocenters. The third-order valence-electron chi connectivity index (χ3n) is 3.24. The first-order valence-corrected chi connectivity index (χ1v) is 5.84. The molecule has 1 amide bonds. The van der Waals surface area contributed by atoms with Crippen molar-refractivity contribution in [1.29, 1.82) is 0 Å². The fraction of sp³-hybridized carbons (Fsp3) is 0.417. The number of nitrogens with zero attached hydrogens (tertiary/aromatic N) is 2. The van der Waals surface area contributed by atoms with E-state index in [9.17, 15) is 14.9 Å². The molecule has 19 heavy (non-hydrogen) atoms. The maximum atomic E-state index is 12.1. The monoisotopic (exact) mass is 285 g/mol. The van der Waals surface area contributed by atoms with Gasteiger partial charge in [-0.25, -0.2) is 0 Å². The smallest absolute Gasteiger partial charge is 0.274 e. The Balaban J connectivity index is 0.00000180. The highest BCUT2D eigenvalue weighted by atomic mass is 35.5. The summed E-state index contributed by atoms with van der Waals surface area (Å²) in [6.45, 7) is 2.53. The lowest BCUT2D eigenvalue weighted by molar-refractivity contribution is -0.385. The molecule has 2 N–H and O–H groups in total. The van der Waals surface area contributed by atoms with E-state index >= 15 is 0 Å². The lowest BCUT2D eigenvalue weighted by Gasteiger charge is -2.20. The Morgan fingerprint density at radius 2 is 2.26 bits per heavy atom. The third kappa shape index (κ3) is 2.69. The van der Waals surface area contributed by atoms with Crippen LogP contribution < -0.4 is 10.6 Å². The summed E-state index contributed by atoms with van der Waals surface area (Å²) in [6.07, 6.45) is 0.523. The number of carbonyl (C=O) groups excluding carboxylic acids is 1. The average molecular weight is 286 g/mol. The highest BCUT2D eigenvalue weighted by molar-refractivity contribution is 5.97. The summed E-state index contributed by atoms with van der Waals surface area (Å²) in [5.74, 6) is -0.341. The molecule has 0 fully saturated rings. The maximum absolute atomic E-state index is 12.1. The molecule has 2 rings (SSSR count). The van der Waals surface area contributed by atoms with Gasteiger partial charge in [0.15, 0.2) is 0 Å². The van der Waals surface area contributed by atoms with Crippen LogP contribution in [0, 0.1) is 16.0 Å². The number of nitro groups is 1. The van der Waals surface area contributed by atoms with E-state index in [0.717, 1.165) is 0 Å². The zero-order chi connectivity index (χ0) is 13.3. The molecule has 0 aliphatic carbocycles. The van der Waals surface area contributed by atoms with Crippen molar-refractivity contribution in [3.63, 3.8) is 0 Å². The van der Waals surface area contributed by atoms with Crippen LogP contribution in [0.4, 0.5) is 11.4 Å². The summed E-state index contributed by atoms with van der Waals surface area (Å²) >= 11 is 0. The Kier molecular flexibility index (Phi) is 4.85. The van der Waals surface area contributed by atoms with E-state index in [4.69, 9.17) is 5.73 Å². The molecule has 0 saturated heterocycles. The lowest BCUT2D eigenvalue weighted by Crippen LogP contribution is -2.36. The SMILES string of the molecule is CC(CN)C(=O)N1CCc2c1cccc2[N+](=O)[O-].Cl. The predicted octanol–water partition coefficient (Wildman–Crippen LogP) is 1.50. The normalized spacial score (nSPS) is 14.5. The first kappa shape index (κ1) is 15.4. The number of fused-ring (bicyclic) bond motifs is 1. The molecule has 1 aromatic carbocycles. The number of rotatable bonds is 3. The summed E-state index contributed by atoms with van der Waals surface area (Å²) in [5, 5.41) is 10.9. The third-order valence-corrected chi connectivity index (χ3v) is 3.24. The van der Waals surface area contributed by atoms with Crippen molar-refractivity contribution in [2.45, 2.75) is 13.3 Å². The summed E-state index contributed by atoms with van der Waals surface area (Å²) < 4.78 is 0. The van der Waals surface area contributed by atoms with Crippen molar-refractivity contribution >= 4 is 29.7 Å². The number of halogens is 1. The van der Waals surface area contributed by atoms with Gasteiger partial charge in [0, 0.05) is 25.1 Å². The van der Waals surface area contributed by atoms with E-state index < -0.39 is 4.92 Å². The Labute approximate surface area is 117 Å². The van der Waals surface area contributed by atoms with Gasteiger partial charge in [-0.2, -0.15) is 0 Å². The van der Waals surface area contributed by atoms with Gasteiger partial charge in [-0.05, 0) is 12.5 Å². The molecule has 1 aromatic rings. The van der Waals surface area contributed by atoms with Crippen molar-refractivity contribution in [1.82, 2.24) is 0 Å². The number of nitro benzene ring substituents is 1. The van der Waals surface area contributed by atoms with Crippen LogP contribution in [-0.2, 0) is 11.2 Å². The molecule has 1 aliphatic heterocycles. The van der Waals surface area contributed by atoms with Crippen LogP contribution in [0.3, 0.4) is 0 Å². The van der Waals surface area contributed by atoms with E-state index in [1.807, 2.05) is 0 Å². The van der Waals surface area contributed by atoms with Crippen molar-refractivity contribution in [3.05, 3.63) is 33.9 Å². The zero-order valence-corrected chi connectivity index (χ0v) is 11.4. The minimum atomic E-state index is -0.404. The van der Waals surface area contributed by atoms with Gasteiger partial charge >= 0.3 is 0 Å². The number of nitrogens with two attached hydrogens (primary N) is 1. The molecule has 0 bridgehead atoms. The van der Waals surface area contributed by atoms with Gasteiger partial charge in [-0.3, -0.25) is 14.9 Å². The topological polar surface area (TPSA) is 89.5 Å². The second-order valence-electron chi connectivity index (χ2n) is 4.41. The largest absolute Gasteiger partial charge is 0.330 e. The molecule has 0 spiro atoms. The Bertz CT molecular complexity index is 507. The molecule has 1 heterocycles. The van der Waals surface area contributed by atoms with Crippen LogP contribution in [0.1, 0.15) is 12.5 Å². The molecular formula is C12H16ClN3O3. The van der Waals surface area contributed by atoms with Crippen LogP contribution in [0.5, 0.6) is 0 Å². The van der Waals surface area contributed by atoms with Crippen LogP contribution in [0.15, 0.2) is 18.2 Å². The van der Waals surface area contributed by atoms with Gasteiger partial charge in [-0.15, -0.1) is 12.4 Å². The van der Waals surface area contributed by atoms with Crippen LogP contribution in [0.25, 0.3) is 0 Å². The summed E-state index contributed by atoms with van der Waals surface area (Å²) in [6, 6.07) is 4.82. The lowest BCUT2D eigenvalue weighted by atomic mass is 10.1. The average Bonchev–Trinajstić information content (AvgIpc) is 2.80. The Morgan fingerprint density at radius 1 is 1.58 bits per heavy atom. The van der Waals surface area contributed by atoms with Crippen LogP contribution >= 0.6 is 12.4 Å². The Hall–Kier alpha value is -1.66. The minimum absolute atomic E-state index is 0. The number of benzene rings is 1. The van der Waals surface area contributed by atoms with Gasteiger partial charge in [0.2, 0.25) is 5.91 Å². The standard InChI is InChI=1S/C12H15N3O3.ClH/c1-8(7-13)12(16)14-6-5-9-10(14)3-2-4-11(9)15(17)18;/h2-4,8H,5-7,13H2,1H3;1H. The van der Waals surface area contributed by atoms with Gasteiger partial charge < -0.3 is 10.6 Å². The number of amides is 1. The molecule has 6 nitrogen and oxygen atoms in total. The maximum Gasteiger partial charge on any atom is 0.274 e. The van der Waals surface area contributed by atoms with E-state index in [1.54, 1.807) is 24.0 Å². The van der Waals surface area contributed by atoms with Gasteiger partial charge in [0.05, 0.1) is 16.2 Å².